The van der Waals surface area contributed by atoms with Gasteiger partial charge in [-0.2, -0.15) is 0 Å². The van der Waals surface area contributed by atoms with Crippen molar-refractivity contribution < 1.29 is 9.53 Å². The van der Waals surface area contributed by atoms with Crippen molar-refractivity contribution in [1.29, 1.82) is 0 Å². The van der Waals surface area contributed by atoms with Crippen LogP contribution in [-0.4, -0.2) is 19.6 Å². The zero-order valence-corrected chi connectivity index (χ0v) is 13.7. The van der Waals surface area contributed by atoms with Gasteiger partial charge in [-0.25, -0.2) is 0 Å². The summed E-state index contributed by atoms with van der Waals surface area (Å²) in [6, 6.07) is 12.6. The minimum Gasteiger partial charge on any atom is -0.497 e. The van der Waals surface area contributed by atoms with Gasteiger partial charge in [-0.05, 0) is 40.2 Å². The number of carbonyl (C=O) groups excluding carboxylic acids is 1. The highest BCUT2D eigenvalue weighted by molar-refractivity contribution is 9.10. The molecule has 0 aliphatic heterocycles. The molecule has 0 saturated heterocycles. The van der Waals surface area contributed by atoms with Crippen LogP contribution in [0.1, 0.15) is 0 Å². The standard InChI is InChI=1S/C15H14BrClN2O2/c1-21-10-6-7-12(17)14(8-10)18-9-15(20)19-13-5-3-2-4-11(13)16/h2-8,18H,9H2,1H3,(H,19,20). The minimum atomic E-state index is -0.166. The zero-order valence-electron chi connectivity index (χ0n) is 11.3. The Morgan fingerprint density at radius 1 is 1.24 bits per heavy atom. The van der Waals surface area contributed by atoms with Gasteiger partial charge >= 0.3 is 0 Å². The van der Waals surface area contributed by atoms with Crippen LogP contribution in [0.4, 0.5) is 11.4 Å². The summed E-state index contributed by atoms with van der Waals surface area (Å²) in [5, 5.41) is 6.33. The molecule has 0 aromatic heterocycles. The molecule has 2 aromatic carbocycles. The Bertz CT molecular complexity index is 649. The number of carbonyl (C=O) groups is 1. The first-order valence-corrected chi connectivity index (χ1v) is 7.39. The summed E-state index contributed by atoms with van der Waals surface area (Å²) in [4.78, 5) is 11.9. The number of para-hydroxylation sites is 1. The third-order valence-electron chi connectivity index (χ3n) is 2.76. The second-order valence-corrected chi connectivity index (χ2v) is 5.49. The van der Waals surface area contributed by atoms with Crippen LogP contribution >= 0.6 is 27.5 Å². The molecule has 2 aromatic rings. The highest BCUT2D eigenvalue weighted by atomic mass is 79.9. The molecule has 0 aliphatic rings. The average Bonchev–Trinajstić information content (AvgIpc) is 2.49. The van der Waals surface area contributed by atoms with Gasteiger partial charge in [-0.1, -0.05) is 23.7 Å². The number of hydrogen-bond acceptors (Lipinski definition) is 3. The van der Waals surface area contributed by atoms with E-state index < -0.39 is 0 Å². The molecule has 4 nitrogen and oxygen atoms in total. The Balaban J connectivity index is 1.97. The van der Waals surface area contributed by atoms with Crippen molar-refractivity contribution in [2.24, 2.45) is 0 Å². The van der Waals surface area contributed by atoms with Gasteiger partial charge in [0.25, 0.3) is 0 Å². The van der Waals surface area contributed by atoms with Crippen LogP contribution in [0, 0.1) is 0 Å². The Kier molecular flexibility index (Phi) is 5.47. The maximum absolute atomic E-state index is 11.9. The molecule has 0 radical (unpaired) electrons. The van der Waals surface area contributed by atoms with E-state index >= 15 is 0 Å². The van der Waals surface area contributed by atoms with E-state index in [2.05, 4.69) is 26.6 Å². The lowest BCUT2D eigenvalue weighted by Crippen LogP contribution is -2.22. The molecule has 6 heteroatoms. The predicted molar refractivity (Wildman–Crippen MR) is 89.3 cm³/mol. The lowest BCUT2D eigenvalue weighted by molar-refractivity contribution is -0.114. The molecule has 0 heterocycles. The molecule has 21 heavy (non-hydrogen) atoms. The molecule has 1 amide bonds. The summed E-state index contributed by atoms with van der Waals surface area (Å²) in [7, 11) is 1.58. The summed E-state index contributed by atoms with van der Waals surface area (Å²) < 4.78 is 5.95. The van der Waals surface area contributed by atoms with Crippen molar-refractivity contribution in [3.63, 3.8) is 0 Å². The van der Waals surface area contributed by atoms with Crippen LogP contribution < -0.4 is 15.4 Å². The fourth-order valence-electron chi connectivity index (χ4n) is 1.70. The molecule has 0 fully saturated rings. The van der Waals surface area contributed by atoms with Crippen LogP contribution in [0.15, 0.2) is 46.9 Å². The van der Waals surface area contributed by atoms with Crippen molar-refractivity contribution >= 4 is 44.8 Å². The van der Waals surface area contributed by atoms with E-state index in [1.807, 2.05) is 24.3 Å². The van der Waals surface area contributed by atoms with Crippen molar-refractivity contribution in [1.82, 2.24) is 0 Å². The van der Waals surface area contributed by atoms with E-state index in [0.717, 1.165) is 10.2 Å². The molecule has 0 saturated carbocycles. The molecule has 0 atom stereocenters. The van der Waals surface area contributed by atoms with Crippen LogP contribution in [0.3, 0.4) is 0 Å². The van der Waals surface area contributed by atoms with Crippen molar-refractivity contribution in [3.05, 3.63) is 52.0 Å². The Morgan fingerprint density at radius 2 is 2.00 bits per heavy atom. The first kappa shape index (κ1) is 15.7. The van der Waals surface area contributed by atoms with Gasteiger partial charge in [-0.3, -0.25) is 4.79 Å². The molecule has 0 aliphatic carbocycles. The van der Waals surface area contributed by atoms with Crippen LogP contribution in [0.25, 0.3) is 0 Å². The monoisotopic (exact) mass is 368 g/mol. The highest BCUT2D eigenvalue weighted by Gasteiger charge is 2.07. The normalized spacial score (nSPS) is 10.0. The van der Waals surface area contributed by atoms with Crippen LogP contribution in [0.5, 0.6) is 5.75 Å². The first-order valence-electron chi connectivity index (χ1n) is 6.22. The fraction of sp³-hybridized carbons (Fsp3) is 0.133. The lowest BCUT2D eigenvalue weighted by atomic mass is 10.3. The number of rotatable bonds is 5. The van der Waals surface area contributed by atoms with Crippen molar-refractivity contribution in [2.75, 3.05) is 24.3 Å². The maximum Gasteiger partial charge on any atom is 0.243 e. The second-order valence-electron chi connectivity index (χ2n) is 4.23. The van der Waals surface area contributed by atoms with Crippen molar-refractivity contribution in [2.45, 2.75) is 0 Å². The number of anilines is 2. The van der Waals surface area contributed by atoms with Gasteiger partial charge in [-0.15, -0.1) is 0 Å². The number of methoxy groups -OCH3 is 1. The number of hydrogen-bond donors (Lipinski definition) is 2. The van der Waals surface area contributed by atoms with Crippen molar-refractivity contribution in [3.8, 4) is 5.75 Å². The van der Waals surface area contributed by atoms with E-state index in [1.54, 1.807) is 25.3 Å². The molecule has 2 N–H and O–H groups in total. The summed E-state index contributed by atoms with van der Waals surface area (Å²) in [5.74, 6) is 0.508. The molecule has 0 spiro atoms. The van der Waals surface area contributed by atoms with Gasteiger partial charge in [0, 0.05) is 10.5 Å². The number of nitrogens with one attached hydrogen (secondary N) is 2. The Hall–Kier alpha value is -1.72. The molecular weight excluding hydrogens is 356 g/mol. The minimum absolute atomic E-state index is 0.105. The highest BCUT2D eigenvalue weighted by Crippen LogP contribution is 2.26. The Morgan fingerprint density at radius 3 is 2.71 bits per heavy atom. The van der Waals surface area contributed by atoms with E-state index in [1.165, 1.54) is 0 Å². The lowest BCUT2D eigenvalue weighted by Gasteiger charge is -2.11. The molecule has 0 unspecified atom stereocenters. The smallest absolute Gasteiger partial charge is 0.243 e. The Labute approximate surface area is 136 Å². The van der Waals surface area contributed by atoms with E-state index in [-0.39, 0.29) is 12.5 Å². The summed E-state index contributed by atoms with van der Waals surface area (Å²) in [5.41, 5.74) is 1.37. The summed E-state index contributed by atoms with van der Waals surface area (Å²) in [6.07, 6.45) is 0. The molecular formula is C15H14BrClN2O2. The van der Waals surface area contributed by atoms with E-state index in [4.69, 9.17) is 16.3 Å². The van der Waals surface area contributed by atoms with Crippen LogP contribution in [-0.2, 0) is 4.79 Å². The summed E-state index contributed by atoms with van der Waals surface area (Å²) >= 11 is 9.44. The van der Waals surface area contributed by atoms with E-state index in [0.29, 0.717) is 16.5 Å². The summed E-state index contributed by atoms with van der Waals surface area (Å²) in [6.45, 7) is 0.105. The van der Waals surface area contributed by atoms with E-state index in [9.17, 15) is 4.79 Å². The zero-order chi connectivity index (χ0) is 15.2. The molecule has 110 valence electrons. The maximum atomic E-state index is 11.9. The first-order chi connectivity index (χ1) is 10.1. The third-order valence-corrected chi connectivity index (χ3v) is 3.78. The average molecular weight is 370 g/mol. The SMILES string of the molecule is COc1ccc(Cl)c(NCC(=O)Nc2ccccc2Br)c1. The fourth-order valence-corrected chi connectivity index (χ4v) is 2.27. The van der Waals surface area contributed by atoms with Gasteiger partial charge in [0.2, 0.25) is 5.91 Å². The van der Waals surface area contributed by atoms with Gasteiger partial charge in [0.05, 0.1) is 30.1 Å². The topological polar surface area (TPSA) is 50.4 Å². The predicted octanol–water partition coefficient (Wildman–Crippen LogP) is 4.16. The van der Waals surface area contributed by atoms with Gasteiger partial charge in [0.15, 0.2) is 0 Å². The largest absolute Gasteiger partial charge is 0.497 e. The third kappa shape index (κ3) is 4.37. The number of amides is 1. The van der Waals surface area contributed by atoms with Crippen LogP contribution in [0.2, 0.25) is 5.02 Å². The molecule has 0 bridgehead atoms. The second kappa shape index (κ2) is 7.33. The van der Waals surface area contributed by atoms with Gasteiger partial charge in [0.1, 0.15) is 5.75 Å². The quantitative estimate of drug-likeness (QED) is 0.832. The number of benzene rings is 2. The number of ether oxygens (including phenoxy) is 1. The number of halogens is 2. The molecule has 2 rings (SSSR count). The van der Waals surface area contributed by atoms with Gasteiger partial charge < -0.3 is 15.4 Å².